The highest BCUT2D eigenvalue weighted by Gasteiger charge is 2.61. The van der Waals surface area contributed by atoms with Gasteiger partial charge in [0.15, 0.2) is 5.69 Å². The summed E-state index contributed by atoms with van der Waals surface area (Å²) in [4.78, 5) is 16.8. The number of carbonyl (C=O) groups is 1. The molecule has 4 aromatic rings. The first-order chi connectivity index (χ1) is 24.4. The molecule has 2 aromatic carbocycles. The van der Waals surface area contributed by atoms with Gasteiger partial charge in [-0.25, -0.2) is 9.78 Å². The lowest BCUT2D eigenvalue weighted by atomic mass is 9.97. The van der Waals surface area contributed by atoms with E-state index in [0.717, 1.165) is 5.56 Å². The lowest BCUT2D eigenvalue weighted by Gasteiger charge is -2.32. The number of halogens is 6. The number of benzene rings is 2. The summed E-state index contributed by atoms with van der Waals surface area (Å²) in [6, 6.07) is 17.5. The van der Waals surface area contributed by atoms with Crippen LogP contribution in [-0.2, 0) is 39.2 Å². The first-order valence-corrected chi connectivity index (χ1v) is 16.1. The standard InChI is InChI=1S/C36H36F6N4O6/c1-22-27(48-20-23-13-7-5-8-14-23)17-11-12-18-34(36(40,41)42,49-21-24-15-9-6-10-16-24)31-46-45-30(51-31)28-26(43-32(47)52-33(2,3)4)19-25(35(37,38)39)29(44-28)50-22/h5-16,19,22,27H,17-18,20-21H2,1-4H3,(H,43,47)/b12-11-/t22-,27?,34-/m1/s1. The lowest BCUT2D eigenvalue weighted by Crippen LogP contribution is -2.45. The van der Waals surface area contributed by atoms with Crippen LogP contribution in [0.25, 0.3) is 11.6 Å². The fourth-order valence-electron chi connectivity index (χ4n) is 5.16. The number of nitrogens with zero attached hydrogens (tertiary/aromatic N) is 3. The average Bonchev–Trinajstić information content (AvgIpc) is 3.55. The number of carbonyl (C=O) groups excluding carboxylic acids is 1. The van der Waals surface area contributed by atoms with Crippen molar-refractivity contribution < 1.29 is 54.5 Å². The molecule has 0 radical (unpaired) electrons. The molecule has 5 rings (SSSR count). The van der Waals surface area contributed by atoms with Gasteiger partial charge in [-0.2, -0.15) is 26.3 Å². The molecule has 1 aliphatic heterocycles. The van der Waals surface area contributed by atoms with Crippen LogP contribution in [0.2, 0.25) is 0 Å². The van der Waals surface area contributed by atoms with Crippen molar-refractivity contribution in [3.63, 3.8) is 0 Å². The monoisotopic (exact) mass is 734 g/mol. The molecule has 1 unspecified atom stereocenters. The normalized spacial score (nSPS) is 20.3. The molecule has 0 saturated carbocycles. The maximum absolute atomic E-state index is 15.3. The van der Waals surface area contributed by atoms with Gasteiger partial charge in [0.2, 0.25) is 11.5 Å². The number of rotatable bonds is 7. The molecule has 1 amide bonds. The number of fused-ring (bicyclic) bond motifs is 5. The molecule has 0 saturated heterocycles. The summed E-state index contributed by atoms with van der Waals surface area (Å²) >= 11 is 0. The first-order valence-electron chi connectivity index (χ1n) is 16.1. The Labute approximate surface area is 295 Å². The molecule has 3 heterocycles. The number of amides is 1. The summed E-state index contributed by atoms with van der Waals surface area (Å²) in [6.07, 6.45) is -11.8. The van der Waals surface area contributed by atoms with E-state index in [4.69, 9.17) is 23.4 Å². The van der Waals surface area contributed by atoms with E-state index in [9.17, 15) is 18.0 Å². The third kappa shape index (κ3) is 9.28. The number of aromatic nitrogens is 3. The van der Waals surface area contributed by atoms with Gasteiger partial charge in [0.05, 0.1) is 25.0 Å². The fraction of sp³-hybridized carbons (Fsp3) is 0.389. The van der Waals surface area contributed by atoms with Crippen LogP contribution >= 0.6 is 0 Å². The molecule has 0 spiro atoms. The molecule has 16 heteroatoms. The van der Waals surface area contributed by atoms with Crippen LogP contribution in [0.4, 0.5) is 36.8 Å². The van der Waals surface area contributed by atoms with Crippen LogP contribution < -0.4 is 10.1 Å². The smallest absolute Gasteiger partial charge is 0.426 e. The van der Waals surface area contributed by atoms with Crippen LogP contribution in [0.1, 0.15) is 63.1 Å². The van der Waals surface area contributed by atoms with E-state index in [-0.39, 0.29) is 13.0 Å². The Morgan fingerprint density at radius 1 is 0.923 bits per heavy atom. The van der Waals surface area contributed by atoms with Crippen molar-refractivity contribution in [3.8, 4) is 17.5 Å². The number of hydrogen-bond acceptors (Lipinski definition) is 9. The van der Waals surface area contributed by atoms with Gasteiger partial charge in [-0.3, -0.25) is 5.32 Å². The number of hydrogen-bond donors (Lipinski definition) is 1. The Morgan fingerprint density at radius 2 is 1.56 bits per heavy atom. The van der Waals surface area contributed by atoms with Crippen molar-refractivity contribution in [3.05, 3.63) is 101 Å². The highest BCUT2D eigenvalue weighted by atomic mass is 19.4. The van der Waals surface area contributed by atoms with Crippen molar-refractivity contribution in [2.24, 2.45) is 0 Å². The Balaban J connectivity index is 1.67. The van der Waals surface area contributed by atoms with Gasteiger partial charge in [-0.15, -0.1) is 10.2 Å². The van der Waals surface area contributed by atoms with Crippen LogP contribution in [0.15, 0.2) is 83.3 Å². The van der Waals surface area contributed by atoms with E-state index in [1.54, 1.807) is 60.7 Å². The second-order valence-electron chi connectivity index (χ2n) is 12.9. The number of ether oxygens (including phenoxy) is 4. The largest absolute Gasteiger partial charge is 0.471 e. The number of pyridine rings is 1. The molecule has 4 bridgehead atoms. The second kappa shape index (κ2) is 15.3. The van der Waals surface area contributed by atoms with Gasteiger partial charge in [-0.05, 0) is 51.3 Å². The Bertz CT molecular complexity index is 1840. The Hall–Kier alpha value is -4.96. The van der Waals surface area contributed by atoms with Crippen molar-refractivity contribution >= 4 is 11.8 Å². The van der Waals surface area contributed by atoms with Crippen molar-refractivity contribution in [2.75, 3.05) is 5.32 Å². The van der Waals surface area contributed by atoms with Crippen LogP contribution in [0.3, 0.4) is 0 Å². The molecule has 10 nitrogen and oxygen atoms in total. The minimum absolute atomic E-state index is 0.0186. The predicted molar refractivity (Wildman–Crippen MR) is 175 cm³/mol. The van der Waals surface area contributed by atoms with Crippen molar-refractivity contribution in [1.82, 2.24) is 15.2 Å². The molecule has 0 aliphatic carbocycles. The molecule has 3 atom stereocenters. The van der Waals surface area contributed by atoms with Gasteiger partial charge in [0.1, 0.15) is 17.3 Å². The molecule has 52 heavy (non-hydrogen) atoms. The Morgan fingerprint density at radius 3 is 2.15 bits per heavy atom. The maximum atomic E-state index is 15.3. The summed E-state index contributed by atoms with van der Waals surface area (Å²) in [7, 11) is 0. The van der Waals surface area contributed by atoms with Crippen molar-refractivity contribution in [1.29, 1.82) is 0 Å². The average molecular weight is 735 g/mol. The highest BCUT2D eigenvalue weighted by Crippen LogP contribution is 2.47. The van der Waals surface area contributed by atoms with Gasteiger partial charge >= 0.3 is 18.4 Å². The fourth-order valence-corrected chi connectivity index (χ4v) is 5.16. The summed E-state index contributed by atoms with van der Waals surface area (Å²) in [5.41, 5.74) is -5.82. The number of anilines is 1. The van der Waals surface area contributed by atoms with E-state index in [1.165, 1.54) is 39.8 Å². The van der Waals surface area contributed by atoms with Gasteiger partial charge < -0.3 is 23.4 Å². The first kappa shape index (κ1) is 38.3. The molecule has 2 aromatic heterocycles. The van der Waals surface area contributed by atoms with E-state index >= 15 is 13.2 Å². The molecule has 1 aliphatic rings. The summed E-state index contributed by atoms with van der Waals surface area (Å²) < 4.78 is 118. The predicted octanol–water partition coefficient (Wildman–Crippen LogP) is 9.17. The Kier molecular flexibility index (Phi) is 11.3. The second-order valence-corrected chi connectivity index (χ2v) is 12.9. The van der Waals surface area contributed by atoms with E-state index in [0.29, 0.717) is 11.6 Å². The number of nitrogens with one attached hydrogen (secondary N) is 1. The zero-order valence-corrected chi connectivity index (χ0v) is 28.5. The topological polar surface area (TPSA) is 118 Å². The van der Waals surface area contributed by atoms with Crippen LogP contribution in [-0.4, -0.2) is 45.3 Å². The number of alkyl halides is 6. The molecular weight excluding hydrogens is 698 g/mol. The molecule has 0 fully saturated rings. The molecule has 278 valence electrons. The molecule has 1 N–H and O–H groups in total. The van der Waals surface area contributed by atoms with Crippen LogP contribution in [0, 0.1) is 0 Å². The zero-order chi connectivity index (χ0) is 37.7. The summed E-state index contributed by atoms with van der Waals surface area (Å²) in [6.45, 7) is 5.51. The van der Waals surface area contributed by atoms with E-state index < -0.39 is 89.5 Å². The van der Waals surface area contributed by atoms with Gasteiger partial charge in [0, 0.05) is 6.42 Å². The van der Waals surface area contributed by atoms with Crippen LogP contribution in [0.5, 0.6) is 5.88 Å². The maximum Gasteiger partial charge on any atom is 0.426 e. The highest BCUT2D eigenvalue weighted by molar-refractivity contribution is 5.89. The minimum Gasteiger partial charge on any atom is -0.471 e. The van der Waals surface area contributed by atoms with E-state index in [1.807, 2.05) is 0 Å². The minimum atomic E-state index is -5.15. The summed E-state index contributed by atoms with van der Waals surface area (Å²) in [5.74, 6) is -2.78. The SMILES string of the molecule is C[C@H]1Oc2nc(c(NC(=O)OC(C)(C)C)cc2C(F)(F)F)-c2nnc(o2)[C@@](OCc2ccccc2)(C(F)(F)F)C/C=C\CC1OCc1ccccc1. The van der Waals surface area contributed by atoms with Gasteiger partial charge in [0.25, 0.3) is 11.8 Å². The third-order valence-corrected chi connectivity index (χ3v) is 7.76. The van der Waals surface area contributed by atoms with Gasteiger partial charge in [-0.1, -0.05) is 72.8 Å². The third-order valence-electron chi connectivity index (χ3n) is 7.76. The van der Waals surface area contributed by atoms with E-state index in [2.05, 4.69) is 20.5 Å². The lowest BCUT2D eigenvalue weighted by molar-refractivity contribution is -0.295. The quantitative estimate of drug-likeness (QED) is 0.147. The summed E-state index contributed by atoms with van der Waals surface area (Å²) in [5, 5.41) is 9.60. The van der Waals surface area contributed by atoms with Crippen molar-refractivity contribution in [2.45, 2.75) is 89.5 Å². The molecular formula is C36H36F6N4O6. The zero-order valence-electron chi connectivity index (χ0n) is 28.5.